The van der Waals surface area contributed by atoms with Crippen molar-refractivity contribution in [1.82, 2.24) is 0 Å². The van der Waals surface area contributed by atoms with Gasteiger partial charge in [0, 0.05) is 6.07 Å². The Morgan fingerprint density at radius 2 is 2.23 bits per heavy atom. The molecule has 5 nitrogen and oxygen atoms in total. The van der Waals surface area contributed by atoms with Crippen LogP contribution in [-0.2, 0) is 0 Å². The average molecular weight is 199 g/mol. The van der Waals surface area contributed by atoms with E-state index in [0.29, 0.717) is 0 Å². The number of nitro benzene ring substituents is 1. The molecule has 0 atom stereocenters. The van der Waals surface area contributed by atoms with E-state index in [0.717, 1.165) is 12.1 Å². The van der Waals surface area contributed by atoms with Gasteiger partial charge < -0.3 is 5.11 Å². The molecule has 1 rings (SSSR count). The van der Waals surface area contributed by atoms with Crippen molar-refractivity contribution in [2.24, 2.45) is 0 Å². The van der Waals surface area contributed by atoms with Crippen molar-refractivity contribution in [2.45, 2.75) is 0 Å². The molecule has 6 heteroatoms. The molecule has 0 aliphatic heterocycles. The quantitative estimate of drug-likeness (QED) is 0.551. The van der Waals surface area contributed by atoms with Gasteiger partial charge in [-0.3, -0.25) is 10.1 Å². The van der Waals surface area contributed by atoms with Gasteiger partial charge in [-0.1, -0.05) is 11.6 Å². The topological polar surface area (TPSA) is 87.2 Å². The fourth-order valence-electron chi connectivity index (χ4n) is 0.788. The lowest BCUT2D eigenvalue weighted by Crippen LogP contribution is -1.90. The van der Waals surface area contributed by atoms with E-state index in [9.17, 15) is 10.1 Å². The van der Waals surface area contributed by atoms with E-state index < -0.39 is 16.4 Å². The molecule has 1 aromatic rings. The molecule has 0 amide bonds. The van der Waals surface area contributed by atoms with E-state index in [4.69, 9.17) is 22.0 Å². The van der Waals surface area contributed by atoms with Crippen LogP contribution in [0.3, 0.4) is 0 Å². The van der Waals surface area contributed by atoms with Crippen molar-refractivity contribution in [2.75, 3.05) is 0 Å². The first-order chi connectivity index (χ1) is 6.06. The van der Waals surface area contributed by atoms with Crippen LogP contribution >= 0.6 is 11.6 Å². The fourth-order valence-corrected chi connectivity index (χ4v) is 1.00. The van der Waals surface area contributed by atoms with Gasteiger partial charge in [0.05, 0.1) is 21.6 Å². The zero-order valence-corrected chi connectivity index (χ0v) is 6.95. The lowest BCUT2D eigenvalue weighted by Gasteiger charge is -1.98. The number of benzene rings is 1. The van der Waals surface area contributed by atoms with Crippen LogP contribution in [0.4, 0.5) is 5.69 Å². The van der Waals surface area contributed by atoms with Crippen LogP contribution in [0.2, 0.25) is 5.02 Å². The summed E-state index contributed by atoms with van der Waals surface area (Å²) in [4.78, 5) is 9.52. The Morgan fingerprint density at radius 3 is 2.69 bits per heavy atom. The van der Waals surface area contributed by atoms with E-state index >= 15 is 0 Å². The summed E-state index contributed by atoms with van der Waals surface area (Å²) < 4.78 is 0. The highest BCUT2D eigenvalue weighted by Gasteiger charge is 2.17. The molecule has 0 fully saturated rings. The number of phenolic OH excluding ortho intramolecular Hbond substituents is 1. The molecule has 66 valence electrons. The summed E-state index contributed by atoms with van der Waals surface area (Å²) in [7, 11) is 0. The Morgan fingerprint density at radius 1 is 1.62 bits per heavy atom. The molecular formula is C7H3ClN2O3. The number of nitro groups is 1. The van der Waals surface area contributed by atoms with Gasteiger partial charge in [0.2, 0.25) is 5.75 Å². The normalized spacial score (nSPS) is 9.23. The zero-order chi connectivity index (χ0) is 10.0. The first-order valence-corrected chi connectivity index (χ1v) is 3.51. The maximum absolute atomic E-state index is 10.3. The molecule has 0 spiro atoms. The minimum absolute atomic E-state index is 0.0366. The maximum atomic E-state index is 10.3. The van der Waals surface area contributed by atoms with Crippen molar-refractivity contribution in [3.63, 3.8) is 0 Å². The molecule has 0 aliphatic rings. The van der Waals surface area contributed by atoms with Gasteiger partial charge in [-0.15, -0.1) is 0 Å². The lowest BCUT2D eigenvalue weighted by molar-refractivity contribution is -0.385. The zero-order valence-electron chi connectivity index (χ0n) is 6.19. The lowest BCUT2D eigenvalue weighted by atomic mass is 10.2. The van der Waals surface area contributed by atoms with Crippen LogP contribution in [-0.4, -0.2) is 10.0 Å². The van der Waals surface area contributed by atoms with E-state index in [-0.39, 0.29) is 10.6 Å². The molecule has 0 saturated heterocycles. The minimum Gasteiger partial charge on any atom is -0.501 e. The van der Waals surface area contributed by atoms with Gasteiger partial charge in [-0.25, -0.2) is 0 Å². The van der Waals surface area contributed by atoms with Gasteiger partial charge in [0.15, 0.2) is 0 Å². The predicted octanol–water partition coefficient (Wildman–Crippen LogP) is 1.83. The highest BCUT2D eigenvalue weighted by Crippen LogP contribution is 2.34. The predicted molar refractivity (Wildman–Crippen MR) is 44.5 cm³/mol. The Kier molecular flexibility index (Phi) is 2.35. The molecule has 0 aromatic heterocycles. The van der Waals surface area contributed by atoms with Crippen molar-refractivity contribution in [1.29, 1.82) is 5.26 Å². The number of rotatable bonds is 1. The number of phenols is 1. The summed E-state index contributed by atoms with van der Waals surface area (Å²) in [5, 5.41) is 27.7. The molecule has 0 heterocycles. The minimum atomic E-state index is -0.804. The van der Waals surface area contributed by atoms with Crippen molar-refractivity contribution in [3.8, 4) is 11.8 Å². The van der Waals surface area contributed by atoms with E-state index in [2.05, 4.69) is 0 Å². The van der Waals surface area contributed by atoms with Gasteiger partial charge >= 0.3 is 5.69 Å². The molecule has 0 unspecified atom stereocenters. The first kappa shape index (κ1) is 9.29. The monoisotopic (exact) mass is 198 g/mol. The first-order valence-electron chi connectivity index (χ1n) is 3.13. The fraction of sp³-hybridized carbons (Fsp3) is 0. The molecule has 0 aliphatic carbocycles. The summed E-state index contributed by atoms with van der Waals surface area (Å²) in [6.45, 7) is 0. The average Bonchev–Trinajstić information content (AvgIpc) is 2.09. The summed E-state index contributed by atoms with van der Waals surface area (Å²) in [6, 6.07) is 3.81. The second kappa shape index (κ2) is 3.29. The molecule has 0 radical (unpaired) electrons. The van der Waals surface area contributed by atoms with Crippen LogP contribution in [0, 0.1) is 21.4 Å². The Bertz CT molecular complexity index is 411. The number of hydrogen-bond donors (Lipinski definition) is 1. The number of aromatic hydroxyl groups is 1. The summed E-state index contributed by atoms with van der Waals surface area (Å²) >= 11 is 5.44. The largest absolute Gasteiger partial charge is 0.501 e. The van der Waals surface area contributed by atoms with Gasteiger partial charge in [-0.2, -0.15) is 5.26 Å². The van der Waals surface area contributed by atoms with Gasteiger partial charge in [0.25, 0.3) is 0 Å². The van der Waals surface area contributed by atoms with Gasteiger partial charge in [-0.05, 0) is 6.07 Å². The van der Waals surface area contributed by atoms with Crippen LogP contribution in [0.15, 0.2) is 12.1 Å². The molecular weight excluding hydrogens is 196 g/mol. The maximum Gasteiger partial charge on any atom is 0.313 e. The Hall–Kier alpha value is -1.80. The third-order valence-corrected chi connectivity index (χ3v) is 1.66. The van der Waals surface area contributed by atoms with E-state index in [1.54, 1.807) is 6.07 Å². The van der Waals surface area contributed by atoms with E-state index in [1.165, 1.54) is 0 Å². The number of nitriles is 1. The highest BCUT2D eigenvalue weighted by molar-refractivity contribution is 6.32. The van der Waals surface area contributed by atoms with Crippen molar-refractivity contribution >= 4 is 17.3 Å². The number of halogens is 1. The second-order valence-corrected chi connectivity index (χ2v) is 2.60. The molecule has 0 saturated carbocycles. The molecule has 0 bridgehead atoms. The van der Waals surface area contributed by atoms with Crippen LogP contribution < -0.4 is 0 Å². The highest BCUT2D eigenvalue weighted by atomic mass is 35.5. The van der Waals surface area contributed by atoms with Crippen LogP contribution in [0.1, 0.15) is 5.56 Å². The Balaban J connectivity index is 3.44. The second-order valence-electron chi connectivity index (χ2n) is 2.19. The number of nitrogens with zero attached hydrogens (tertiary/aromatic N) is 2. The Labute approximate surface area is 77.9 Å². The summed E-state index contributed by atoms with van der Waals surface area (Å²) in [5.74, 6) is -0.620. The summed E-state index contributed by atoms with van der Waals surface area (Å²) in [6.07, 6.45) is 0. The standard InChI is InChI=1S/C7H3ClN2O3/c8-5-1-4(3-9)2-6(7(5)11)10(12)13/h1-2,11H. The van der Waals surface area contributed by atoms with Gasteiger partial charge in [0.1, 0.15) is 0 Å². The third-order valence-electron chi connectivity index (χ3n) is 1.37. The molecule has 1 aromatic carbocycles. The molecule has 1 N–H and O–H groups in total. The molecule has 13 heavy (non-hydrogen) atoms. The SMILES string of the molecule is N#Cc1cc(Cl)c(O)c([N+](=O)[O-])c1. The van der Waals surface area contributed by atoms with Crippen LogP contribution in [0.25, 0.3) is 0 Å². The third kappa shape index (κ3) is 1.68. The van der Waals surface area contributed by atoms with E-state index in [1.807, 2.05) is 0 Å². The summed E-state index contributed by atoms with van der Waals surface area (Å²) in [5.41, 5.74) is -0.529. The van der Waals surface area contributed by atoms with Crippen molar-refractivity contribution in [3.05, 3.63) is 32.8 Å². The smallest absolute Gasteiger partial charge is 0.313 e. The van der Waals surface area contributed by atoms with Crippen LogP contribution in [0.5, 0.6) is 5.75 Å². The van der Waals surface area contributed by atoms with Crippen molar-refractivity contribution < 1.29 is 10.0 Å². The number of hydrogen-bond acceptors (Lipinski definition) is 4.